The van der Waals surface area contributed by atoms with Crippen LogP contribution in [-0.2, 0) is 16.0 Å². The fourth-order valence-electron chi connectivity index (χ4n) is 3.77. The minimum atomic E-state index is -0.637. The molecule has 0 unspecified atom stereocenters. The van der Waals surface area contributed by atoms with E-state index >= 15 is 0 Å². The van der Waals surface area contributed by atoms with E-state index in [4.69, 9.17) is 4.74 Å². The summed E-state index contributed by atoms with van der Waals surface area (Å²) in [6.07, 6.45) is 5.27. The van der Waals surface area contributed by atoms with E-state index in [1.165, 1.54) is 12.1 Å². The molecule has 5 heteroatoms. The molecule has 0 amide bonds. The third-order valence-corrected chi connectivity index (χ3v) is 4.96. The highest BCUT2D eigenvalue weighted by molar-refractivity contribution is 6.02. The first-order valence-electron chi connectivity index (χ1n) is 9.77. The van der Waals surface area contributed by atoms with Crippen molar-refractivity contribution in [3.05, 3.63) is 70.9 Å². The Labute approximate surface area is 171 Å². The third kappa shape index (κ3) is 3.56. The van der Waals surface area contributed by atoms with Crippen LogP contribution in [0.15, 0.2) is 59.3 Å². The Balaban J connectivity index is 2.39. The number of hydrogen-bond donors (Lipinski definition) is 1. The Morgan fingerprint density at radius 2 is 1.83 bits per heavy atom. The lowest BCUT2D eigenvalue weighted by Crippen LogP contribution is -2.29. The Morgan fingerprint density at radius 3 is 2.41 bits per heavy atom. The van der Waals surface area contributed by atoms with Crippen LogP contribution in [0.4, 0.5) is 0 Å². The van der Waals surface area contributed by atoms with Gasteiger partial charge in [-0.2, -0.15) is 5.10 Å². The van der Waals surface area contributed by atoms with E-state index in [2.05, 4.69) is 24.2 Å². The molecule has 0 spiro atoms. The molecule has 150 valence electrons. The minimum Gasteiger partial charge on any atom is -0.505 e. The summed E-state index contributed by atoms with van der Waals surface area (Å²) in [7, 11) is 1.29. The highest BCUT2D eigenvalue weighted by Crippen LogP contribution is 2.43. The largest absolute Gasteiger partial charge is 0.505 e. The average Bonchev–Trinajstić information content (AvgIpc) is 2.75. The number of carbonyl (C=O) groups excluding carboxylic acids is 1. The zero-order valence-corrected chi connectivity index (χ0v) is 17.3. The predicted octanol–water partition coefficient (Wildman–Crippen LogP) is 5.39. The topological polar surface area (TPSA) is 62.1 Å². The Morgan fingerprint density at radius 1 is 1.14 bits per heavy atom. The molecule has 1 heterocycles. The number of aliphatic hydroxyl groups is 1. The van der Waals surface area contributed by atoms with Crippen LogP contribution in [0.1, 0.15) is 43.9 Å². The van der Waals surface area contributed by atoms with Gasteiger partial charge in [0.15, 0.2) is 11.5 Å². The first kappa shape index (κ1) is 20.4. The molecule has 0 bridgehead atoms. The lowest BCUT2D eigenvalue weighted by molar-refractivity contribution is -0.137. The molecular formula is C24H26N2O3. The molecule has 0 fully saturated rings. The Hall–Kier alpha value is -3.34. The van der Waals surface area contributed by atoms with Crippen molar-refractivity contribution in [2.75, 3.05) is 7.11 Å². The minimum absolute atomic E-state index is 0.0149. The normalized spacial score (nSPS) is 15.2. The summed E-state index contributed by atoms with van der Waals surface area (Å²) in [5.41, 5.74) is 5.62. The van der Waals surface area contributed by atoms with Crippen LogP contribution >= 0.6 is 0 Å². The number of carbonyl (C=O) groups is 1. The van der Waals surface area contributed by atoms with Crippen molar-refractivity contribution >= 4 is 23.6 Å². The van der Waals surface area contributed by atoms with Gasteiger partial charge in [0.1, 0.15) is 0 Å². The van der Waals surface area contributed by atoms with Gasteiger partial charge in [-0.1, -0.05) is 55.8 Å². The van der Waals surface area contributed by atoms with Crippen LogP contribution in [0.2, 0.25) is 0 Å². The lowest BCUT2D eigenvalue weighted by atomic mass is 9.85. The Bertz CT molecular complexity index is 1000. The van der Waals surface area contributed by atoms with Gasteiger partial charge < -0.3 is 9.84 Å². The van der Waals surface area contributed by atoms with Crippen molar-refractivity contribution in [3.63, 3.8) is 0 Å². The van der Waals surface area contributed by atoms with Gasteiger partial charge in [-0.15, -0.1) is 0 Å². The number of ether oxygens (including phenoxy) is 1. The summed E-state index contributed by atoms with van der Waals surface area (Å²) in [4.78, 5) is 12.4. The van der Waals surface area contributed by atoms with Crippen molar-refractivity contribution < 1.29 is 14.6 Å². The van der Waals surface area contributed by atoms with Gasteiger partial charge in [-0.3, -0.25) is 0 Å². The molecule has 0 aliphatic carbocycles. The molecule has 1 aliphatic rings. The molecule has 1 N–H and O–H groups in total. The standard InChI is InChI=1S/C24H26N2O3/c1-5-11-18-17(16-12-9-8-10-13-16)14-15-19-21(18)20(6-2)26(25-7-3)22(23(19)27)24(28)29-4/h6-10,12-15,27H,5,11H2,1-4H3/b20-6+,25-7-. The summed E-state index contributed by atoms with van der Waals surface area (Å²) in [5.74, 6) is -0.762. The highest BCUT2D eigenvalue weighted by atomic mass is 16.5. The van der Waals surface area contributed by atoms with Crippen LogP contribution in [0.3, 0.4) is 0 Å². The second-order valence-corrected chi connectivity index (χ2v) is 6.68. The summed E-state index contributed by atoms with van der Waals surface area (Å²) in [6.45, 7) is 5.80. The van der Waals surface area contributed by atoms with Crippen LogP contribution in [0.25, 0.3) is 22.6 Å². The summed E-state index contributed by atoms with van der Waals surface area (Å²) < 4.78 is 4.92. The predicted molar refractivity (Wildman–Crippen MR) is 117 cm³/mol. The Kier molecular flexibility index (Phi) is 6.17. The van der Waals surface area contributed by atoms with Crippen LogP contribution < -0.4 is 0 Å². The van der Waals surface area contributed by atoms with Gasteiger partial charge in [0.05, 0.1) is 12.8 Å². The van der Waals surface area contributed by atoms with Crippen molar-refractivity contribution in [2.24, 2.45) is 5.10 Å². The molecular weight excluding hydrogens is 364 g/mol. The van der Waals surface area contributed by atoms with Gasteiger partial charge in [-0.05, 0) is 43.0 Å². The van der Waals surface area contributed by atoms with E-state index in [1.54, 1.807) is 13.1 Å². The first-order valence-corrected chi connectivity index (χ1v) is 9.77. The van der Waals surface area contributed by atoms with E-state index in [1.807, 2.05) is 43.3 Å². The molecule has 5 nitrogen and oxygen atoms in total. The maximum absolute atomic E-state index is 12.4. The quantitative estimate of drug-likeness (QED) is 0.549. The SMILES string of the molecule is C/C=N\N1C(C(=O)OC)=C(O)c2ccc(-c3ccccc3)c(CCC)c2/C1=C\C. The number of allylic oxidation sites excluding steroid dienone is 1. The molecule has 1 aliphatic heterocycles. The van der Waals surface area contributed by atoms with Gasteiger partial charge in [0.2, 0.25) is 0 Å². The number of fused-ring (bicyclic) bond motifs is 1. The lowest BCUT2D eigenvalue weighted by Gasteiger charge is -2.32. The summed E-state index contributed by atoms with van der Waals surface area (Å²) in [5, 5.41) is 16.9. The third-order valence-electron chi connectivity index (χ3n) is 4.96. The average molecular weight is 390 g/mol. The zero-order valence-electron chi connectivity index (χ0n) is 17.3. The number of nitrogens with zero attached hydrogens (tertiary/aromatic N) is 2. The molecule has 0 saturated carbocycles. The van der Waals surface area contributed by atoms with Gasteiger partial charge in [0, 0.05) is 17.3 Å². The monoisotopic (exact) mass is 390 g/mol. The number of benzene rings is 2. The van der Waals surface area contributed by atoms with Crippen LogP contribution in [-0.4, -0.2) is 29.4 Å². The van der Waals surface area contributed by atoms with Gasteiger partial charge >= 0.3 is 5.97 Å². The first-order chi connectivity index (χ1) is 14.1. The second kappa shape index (κ2) is 8.78. The van der Waals surface area contributed by atoms with E-state index < -0.39 is 5.97 Å². The van der Waals surface area contributed by atoms with E-state index in [9.17, 15) is 9.90 Å². The van der Waals surface area contributed by atoms with E-state index in [-0.39, 0.29) is 11.5 Å². The maximum Gasteiger partial charge on any atom is 0.360 e. The number of rotatable bonds is 5. The van der Waals surface area contributed by atoms with E-state index in [0.29, 0.717) is 5.56 Å². The van der Waals surface area contributed by atoms with Gasteiger partial charge in [-0.25, -0.2) is 9.80 Å². The molecule has 3 rings (SSSR count). The van der Waals surface area contributed by atoms with Crippen molar-refractivity contribution in [1.29, 1.82) is 0 Å². The molecule has 2 aromatic rings. The van der Waals surface area contributed by atoms with Gasteiger partial charge in [0.25, 0.3) is 0 Å². The fraction of sp³-hybridized carbons (Fsp3) is 0.250. The van der Waals surface area contributed by atoms with E-state index in [0.717, 1.165) is 40.8 Å². The van der Waals surface area contributed by atoms with Crippen molar-refractivity contribution in [1.82, 2.24) is 5.01 Å². The summed E-state index contributed by atoms with van der Waals surface area (Å²) in [6, 6.07) is 14.1. The van der Waals surface area contributed by atoms with Crippen molar-refractivity contribution in [3.8, 4) is 11.1 Å². The number of hydrogen-bond acceptors (Lipinski definition) is 5. The molecule has 0 aromatic heterocycles. The molecule has 0 saturated heterocycles. The van der Waals surface area contributed by atoms with Crippen LogP contribution in [0, 0.1) is 0 Å². The molecule has 2 aromatic carbocycles. The molecule has 0 radical (unpaired) electrons. The maximum atomic E-state index is 12.4. The van der Waals surface area contributed by atoms with Crippen LogP contribution in [0.5, 0.6) is 0 Å². The fourth-order valence-corrected chi connectivity index (χ4v) is 3.77. The highest BCUT2D eigenvalue weighted by Gasteiger charge is 2.35. The second-order valence-electron chi connectivity index (χ2n) is 6.68. The number of hydrazone groups is 1. The molecule has 0 atom stereocenters. The number of esters is 1. The smallest absolute Gasteiger partial charge is 0.360 e. The molecule has 29 heavy (non-hydrogen) atoms. The summed E-state index contributed by atoms with van der Waals surface area (Å²) >= 11 is 0. The number of aliphatic hydroxyl groups excluding tert-OH is 1. The zero-order chi connectivity index (χ0) is 21.0. The van der Waals surface area contributed by atoms with Crippen molar-refractivity contribution in [2.45, 2.75) is 33.6 Å². The number of methoxy groups -OCH3 is 1.